The fraction of sp³-hybridized carbons (Fsp3) is 0.143. The van der Waals surface area contributed by atoms with Gasteiger partial charge in [-0.15, -0.1) is 12.6 Å². The lowest BCUT2D eigenvalue weighted by Gasteiger charge is -2.07. The quantitative estimate of drug-likeness (QED) is 0.159. The predicted octanol–water partition coefficient (Wildman–Crippen LogP) is 10.9. The van der Waals surface area contributed by atoms with Crippen LogP contribution in [0.3, 0.4) is 0 Å². The summed E-state index contributed by atoms with van der Waals surface area (Å²) in [6.07, 6.45) is 0. The molecule has 0 spiro atoms. The molecular formula is C28H27Br2IS2. The molecule has 4 aromatic rings. The van der Waals surface area contributed by atoms with Crippen LogP contribution in [0.2, 0.25) is 0 Å². The fourth-order valence-corrected chi connectivity index (χ4v) is 4.40. The highest BCUT2D eigenvalue weighted by Crippen LogP contribution is 2.35. The van der Waals surface area contributed by atoms with Gasteiger partial charge in [0.2, 0.25) is 0 Å². The van der Waals surface area contributed by atoms with E-state index in [-0.39, 0.29) is 22.3 Å². The van der Waals surface area contributed by atoms with Gasteiger partial charge in [-0.1, -0.05) is 71.4 Å². The van der Waals surface area contributed by atoms with Crippen LogP contribution in [0.4, 0.5) is 0 Å². The van der Waals surface area contributed by atoms with E-state index in [0.717, 1.165) is 18.7 Å². The molecule has 0 fully saturated rings. The second kappa shape index (κ2) is 14.6. The molecule has 33 heavy (non-hydrogen) atoms. The lowest BCUT2D eigenvalue weighted by Crippen LogP contribution is -1.82. The zero-order valence-electron chi connectivity index (χ0n) is 29.1. The Balaban J connectivity index is 0.000000263. The van der Waals surface area contributed by atoms with Crippen molar-refractivity contribution in [1.82, 2.24) is 0 Å². The maximum atomic E-state index is 7.66. The minimum absolute atomic E-state index is 0.0371. The molecule has 0 bridgehead atoms. The standard InChI is InChI=1S/C14H13BrS.C8H9I.C6H5BrS/c1-10-7-8-13(11(2)9-10)16-14-6-4-3-5-12(14)15;1-6-3-4-8(9)7(2)5-6;7-5-3-1-2-4-6(5)8/h3-9H,1-2H3;3-5H,1-2H3;1-4,8H/i2*1D3,2D3;. The molecule has 0 heterocycles. The van der Waals surface area contributed by atoms with Crippen molar-refractivity contribution in [3.63, 3.8) is 0 Å². The molecule has 0 saturated carbocycles. The van der Waals surface area contributed by atoms with Crippen molar-refractivity contribution in [1.29, 1.82) is 0 Å². The smallest absolute Gasteiger partial charge is 0.0314 e. The molecule has 0 saturated heterocycles. The highest BCUT2D eigenvalue weighted by Gasteiger charge is 2.04. The molecule has 172 valence electrons. The van der Waals surface area contributed by atoms with E-state index in [9.17, 15) is 0 Å². The average molecular weight is 726 g/mol. The molecule has 0 radical (unpaired) electrons. The van der Waals surface area contributed by atoms with Crippen LogP contribution in [-0.2, 0) is 0 Å². The highest BCUT2D eigenvalue weighted by atomic mass is 127. The van der Waals surface area contributed by atoms with Gasteiger partial charge in [0, 0.05) is 43.7 Å². The third-order valence-corrected chi connectivity index (χ3v) is 8.29. The summed E-state index contributed by atoms with van der Waals surface area (Å²) in [5.41, 5.74) is 0.253. The first-order chi connectivity index (χ1) is 20.5. The number of thiol groups is 1. The summed E-state index contributed by atoms with van der Waals surface area (Å²) in [6, 6.07) is 23.8. The van der Waals surface area contributed by atoms with E-state index in [4.69, 9.17) is 16.4 Å². The zero-order chi connectivity index (χ0) is 34.4. The summed E-state index contributed by atoms with van der Waals surface area (Å²) >= 11 is 14.1. The van der Waals surface area contributed by atoms with Gasteiger partial charge in [-0.2, -0.15) is 0 Å². The molecule has 0 aliphatic rings. The summed E-state index contributed by atoms with van der Waals surface area (Å²) in [6.45, 7) is -9.22. The van der Waals surface area contributed by atoms with Crippen molar-refractivity contribution in [3.05, 3.63) is 120 Å². The summed E-state index contributed by atoms with van der Waals surface area (Å²) in [5.74, 6) is 0. The Morgan fingerprint density at radius 1 is 0.697 bits per heavy atom. The third kappa shape index (κ3) is 10.2. The van der Waals surface area contributed by atoms with Crippen molar-refractivity contribution in [2.45, 2.75) is 42.1 Å². The Bertz CT molecular complexity index is 1560. The van der Waals surface area contributed by atoms with Gasteiger partial charge in [-0.3, -0.25) is 0 Å². The second-order valence-corrected chi connectivity index (χ2v) is 10.8. The zero-order valence-corrected chi connectivity index (χ0v) is 24.1. The van der Waals surface area contributed by atoms with Gasteiger partial charge in [0.15, 0.2) is 0 Å². The summed E-state index contributed by atoms with van der Waals surface area (Å²) in [7, 11) is 0. The Labute approximate surface area is 255 Å². The van der Waals surface area contributed by atoms with Crippen LogP contribution in [0.1, 0.15) is 38.7 Å². The number of halogens is 3. The molecule has 0 N–H and O–H groups in total. The molecule has 0 unspecified atom stereocenters. The Morgan fingerprint density at radius 3 is 1.88 bits per heavy atom. The molecule has 0 amide bonds. The van der Waals surface area contributed by atoms with Crippen molar-refractivity contribution in [2.24, 2.45) is 0 Å². The monoisotopic (exact) mass is 724 g/mol. The summed E-state index contributed by atoms with van der Waals surface area (Å²) in [4.78, 5) is 2.38. The molecular weight excluding hydrogens is 687 g/mol. The van der Waals surface area contributed by atoms with Gasteiger partial charge in [-0.25, -0.2) is 0 Å². The topological polar surface area (TPSA) is 0 Å². The Kier molecular flexibility index (Phi) is 6.82. The van der Waals surface area contributed by atoms with Crippen LogP contribution >= 0.6 is 78.8 Å². The molecule has 0 aromatic heterocycles. The van der Waals surface area contributed by atoms with Crippen LogP contribution in [0.15, 0.2) is 109 Å². The lowest BCUT2D eigenvalue weighted by atomic mass is 10.2. The van der Waals surface area contributed by atoms with Crippen molar-refractivity contribution >= 4 is 78.8 Å². The average Bonchev–Trinajstić information content (AvgIpc) is 2.90. The molecule has 0 atom stereocenters. The van der Waals surface area contributed by atoms with Crippen molar-refractivity contribution < 1.29 is 16.4 Å². The first-order valence-electron chi connectivity index (χ1n) is 15.3. The molecule has 4 aromatic carbocycles. The SMILES string of the molecule is Sc1ccccc1Br.[2H]C([2H])([2H])c1ccc(I)c(C([2H])([2H])[2H])c1.[2H]C([2H])([2H])c1ccc(Sc2ccccc2Br)c(C([2H])([2H])[2H])c1. The fourth-order valence-electron chi connectivity index (χ4n) is 2.24. The van der Waals surface area contributed by atoms with E-state index in [2.05, 4.69) is 44.5 Å². The summed E-state index contributed by atoms with van der Waals surface area (Å²) in [5, 5.41) is 0. The van der Waals surface area contributed by atoms with Crippen LogP contribution in [-0.4, -0.2) is 0 Å². The van der Waals surface area contributed by atoms with Crippen LogP contribution in [0.5, 0.6) is 0 Å². The molecule has 0 aliphatic heterocycles. The van der Waals surface area contributed by atoms with E-state index in [1.165, 1.54) is 42.1 Å². The van der Waals surface area contributed by atoms with Crippen molar-refractivity contribution in [3.8, 4) is 0 Å². The lowest BCUT2D eigenvalue weighted by molar-refractivity contribution is 1.25. The number of hydrogen-bond acceptors (Lipinski definition) is 2. The third-order valence-electron chi connectivity index (χ3n) is 3.85. The second-order valence-electron chi connectivity index (χ2n) is 6.39. The molecule has 0 nitrogen and oxygen atoms in total. The number of benzene rings is 4. The van der Waals surface area contributed by atoms with E-state index in [0.29, 0.717) is 8.47 Å². The Morgan fingerprint density at radius 2 is 1.30 bits per heavy atom. The normalized spacial score (nSPS) is 16.8. The number of rotatable bonds is 2. The van der Waals surface area contributed by atoms with Crippen LogP contribution in [0.25, 0.3) is 0 Å². The van der Waals surface area contributed by atoms with Gasteiger partial charge in [0.1, 0.15) is 0 Å². The summed E-state index contributed by atoms with van der Waals surface area (Å²) < 4.78 is 91.1. The van der Waals surface area contributed by atoms with Gasteiger partial charge in [-0.05, 0) is 129 Å². The molecule has 0 aliphatic carbocycles. The highest BCUT2D eigenvalue weighted by molar-refractivity contribution is 14.1. The van der Waals surface area contributed by atoms with E-state index < -0.39 is 27.4 Å². The van der Waals surface area contributed by atoms with Gasteiger partial charge >= 0.3 is 0 Å². The first kappa shape index (κ1) is 15.4. The van der Waals surface area contributed by atoms with Crippen molar-refractivity contribution in [2.75, 3.05) is 0 Å². The maximum Gasteiger partial charge on any atom is 0.0314 e. The minimum Gasteiger partial charge on any atom is -0.142 e. The Hall–Kier alpha value is -0.730. The first-order valence-corrected chi connectivity index (χ1v) is 13.3. The van der Waals surface area contributed by atoms with Gasteiger partial charge in [0.05, 0.1) is 0 Å². The van der Waals surface area contributed by atoms with Gasteiger partial charge in [0.25, 0.3) is 0 Å². The number of aryl methyl sites for hydroxylation is 4. The van der Waals surface area contributed by atoms with E-state index >= 15 is 0 Å². The molecule has 4 rings (SSSR count). The van der Waals surface area contributed by atoms with Crippen LogP contribution in [0, 0.1) is 31.0 Å². The predicted molar refractivity (Wildman–Crippen MR) is 164 cm³/mol. The van der Waals surface area contributed by atoms with Crippen LogP contribution < -0.4 is 0 Å². The number of hydrogen-bond donors (Lipinski definition) is 1. The minimum atomic E-state index is -2.37. The van der Waals surface area contributed by atoms with E-state index in [1.807, 2.05) is 71.1 Å². The molecule has 5 heteroatoms. The van der Waals surface area contributed by atoms with Gasteiger partial charge < -0.3 is 0 Å². The maximum absolute atomic E-state index is 7.66. The largest absolute Gasteiger partial charge is 0.142 e. The van der Waals surface area contributed by atoms with E-state index in [1.54, 1.807) is 6.07 Å².